The van der Waals surface area contributed by atoms with Crippen LogP contribution in [0.15, 0.2) is 16.5 Å². The fourth-order valence-electron chi connectivity index (χ4n) is 2.09. The number of nitrogens with two attached hydrogens (primary N) is 1. The predicted molar refractivity (Wildman–Crippen MR) is 75.7 cm³/mol. The number of nitrogens with zero attached hydrogens (tertiary/aromatic N) is 1. The number of anilines is 1. The van der Waals surface area contributed by atoms with Crippen LogP contribution in [0.25, 0.3) is 11.1 Å². The van der Waals surface area contributed by atoms with Gasteiger partial charge in [-0.15, -0.1) is 0 Å². The maximum absolute atomic E-state index is 5.95. The third-order valence-corrected chi connectivity index (χ3v) is 2.95. The van der Waals surface area contributed by atoms with Crippen molar-refractivity contribution < 1.29 is 4.42 Å². The van der Waals surface area contributed by atoms with Crippen molar-refractivity contribution in [1.29, 1.82) is 0 Å². The minimum absolute atomic E-state index is 0.00225. The largest absolute Gasteiger partial charge is 0.440 e. The summed E-state index contributed by atoms with van der Waals surface area (Å²) in [4.78, 5) is 4.54. The van der Waals surface area contributed by atoms with Gasteiger partial charge in [-0.3, -0.25) is 0 Å². The molecular weight excluding hydrogens is 224 g/mol. The van der Waals surface area contributed by atoms with Crippen molar-refractivity contribution in [2.75, 3.05) is 5.73 Å². The zero-order valence-corrected chi connectivity index (χ0v) is 11.9. The number of hydrogen-bond acceptors (Lipinski definition) is 3. The van der Waals surface area contributed by atoms with Crippen molar-refractivity contribution in [2.45, 2.75) is 46.5 Å². The Hall–Kier alpha value is -1.51. The van der Waals surface area contributed by atoms with E-state index in [2.05, 4.69) is 39.6 Å². The Morgan fingerprint density at radius 1 is 1.28 bits per heavy atom. The number of fused-ring (bicyclic) bond motifs is 1. The second kappa shape index (κ2) is 4.30. The van der Waals surface area contributed by atoms with Crippen LogP contribution in [0.4, 0.5) is 5.69 Å². The SMILES string of the molecule is CC(C)Cc1nc2cc(N)cc(C(C)(C)C)c2o1. The van der Waals surface area contributed by atoms with Crippen molar-refractivity contribution in [2.24, 2.45) is 5.92 Å². The average Bonchev–Trinajstić information content (AvgIpc) is 2.55. The lowest BCUT2D eigenvalue weighted by molar-refractivity contribution is 0.474. The quantitative estimate of drug-likeness (QED) is 0.817. The van der Waals surface area contributed by atoms with Crippen LogP contribution in [0.2, 0.25) is 0 Å². The number of nitrogen functional groups attached to an aromatic ring is 1. The van der Waals surface area contributed by atoms with Gasteiger partial charge in [0.15, 0.2) is 11.5 Å². The fourth-order valence-corrected chi connectivity index (χ4v) is 2.09. The smallest absolute Gasteiger partial charge is 0.195 e. The first-order valence-corrected chi connectivity index (χ1v) is 6.47. The Morgan fingerprint density at radius 2 is 1.94 bits per heavy atom. The zero-order valence-electron chi connectivity index (χ0n) is 11.9. The minimum Gasteiger partial charge on any atom is -0.440 e. The summed E-state index contributed by atoms with van der Waals surface area (Å²) in [7, 11) is 0. The predicted octanol–water partition coefficient (Wildman–Crippen LogP) is 3.91. The highest BCUT2D eigenvalue weighted by molar-refractivity contribution is 5.81. The Morgan fingerprint density at radius 3 is 2.50 bits per heavy atom. The number of benzene rings is 1. The van der Waals surface area contributed by atoms with Crippen LogP contribution in [0.1, 0.15) is 46.1 Å². The molecule has 3 nitrogen and oxygen atoms in total. The maximum atomic E-state index is 5.95. The molecule has 0 aliphatic heterocycles. The van der Waals surface area contributed by atoms with Crippen molar-refractivity contribution in [3.63, 3.8) is 0 Å². The summed E-state index contributed by atoms with van der Waals surface area (Å²) in [5, 5.41) is 0. The normalized spacial score (nSPS) is 12.6. The second-order valence-corrected chi connectivity index (χ2v) is 6.37. The van der Waals surface area contributed by atoms with Crippen LogP contribution in [-0.2, 0) is 11.8 Å². The van der Waals surface area contributed by atoms with E-state index >= 15 is 0 Å². The topological polar surface area (TPSA) is 52.0 Å². The van der Waals surface area contributed by atoms with Crippen molar-refractivity contribution in [3.8, 4) is 0 Å². The minimum atomic E-state index is 0.00225. The molecule has 3 heteroatoms. The van der Waals surface area contributed by atoms with Gasteiger partial charge in [-0.2, -0.15) is 0 Å². The van der Waals surface area contributed by atoms with Crippen LogP contribution < -0.4 is 5.73 Å². The van der Waals surface area contributed by atoms with Crippen LogP contribution in [0.5, 0.6) is 0 Å². The van der Waals surface area contributed by atoms with E-state index in [9.17, 15) is 0 Å². The summed E-state index contributed by atoms with van der Waals surface area (Å²) in [6.07, 6.45) is 0.859. The molecule has 2 N–H and O–H groups in total. The molecule has 0 fully saturated rings. The van der Waals surface area contributed by atoms with Crippen LogP contribution in [0.3, 0.4) is 0 Å². The molecule has 1 aromatic heterocycles. The summed E-state index contributed by atoms with van der Waals surface area (Å²) < 4.78 is 5.92. The Kier molecular flexibility index (Phi) is 3.09. The van der Waals surface area contributed by atoms with Crippen molar-refractivity contribution >= 4 is 16.8 Å². The maximum Gasteiger partial charge on any atom is 0.195 e. The summed E-state index contributed by atoms with van der Waals surface area (Å²) in [5.41, 5.74) is 9.58. The van der Waals surface area contributed by atoms with E-state index in [0.717, 1.165) is 34.7 Å². The van der Waals surface area contributed by atoms with Gasteiger partial charge in [0.25, 0.3) is 0 Å². The van der Waals surface area contributed by atoms with Gasteiger partial charge in [0.2, 0.25) is 0 Å². The second-order valence-electron chi connectivity index (χ2n) is 6.37. The lowest BCUT2D eigenvalue weighted by Crippen LogP contribution is -2.11. The van der Waals surface area contributed by atoms with Gasteiger partial charge in [0, 0.05) is 17.7 Å². The lowest BCUT2D eigenvalue weighted by atomic mass is 9.86. The van der Waals surface area contributed by atoms with Gasteiger partial charge in [0.1, 0.15) is 5.52 Å². The van der Waals surface area contributed by atoms with Crippen LogP contribution in [0, 0.1) is 5.92 Å². The highest BCUT2D eigenvalue weighted by Crippen LogP contribution is 2.33. The number of rotatable bonds is 2. The Balaban J connectivity index is 2.60. The third-order valence-electron chi connectivity index (χ3n) is 2.95. The molecule has 0 atom stereocenters. The van der Waals surface area contributed by atoms with E-state index in [1.807, 2.05) is 12.1 Å². The first-order valence-electron chi connectivity index (χ1n) is 6.47. The van der Waals surface area contributed by atoms with E-state index < -0.39 is 0 Å². The first kappa shape index (κ1) is 12.9. The molecule has 0 aliphatic rings. The molecule has 0 bridgehead atoms. The Labute approximate surface area is 108 Å². The van der Waals surface area contributed by atoms with E-state index in [4.69, 9.17) is 10.2 Å². The van der Waals surface area contributed by atoms with Crippen molar-refractivity contribution in [3.05, 3.63) is 23.6 Å². The molecular formula is C15H22N2O. The summed E-state index contributed by atoms with van der Waals surface area (Å²) in [6.45, 7) is 10.8. The molecule has 0 spiro atoms. The standard InChI is InChI=1S/C15H22N2O/c1-9(2)6-13-17-12-8-10(16)7-11(14(12)18-13)15(3,4)5/h7-9H,6,16H2,1-5H3. The van der Waals surface area contributed by atoms with Crippen molar-refractivity contribution in [1.82, 2.24) is 4.98 Å². The highest BCUT2D eigenvalue weighted by Gasteiger charge is 2.21. The molecule has 0 unspecified atom stereocenters. The van der Waals surface area contributed by atoms with Gasteiger partial charge in [-0.1, -0.05) is 34.6 Å². The monoisotopic (exact) mass is 246 g/mol. The van der Waals surface area contributed by atoms with E-state index in [1.54, 1.807) is 0 Å². The Bertz CT molecular complexity index is 562. The number of hydrogen-bond donors (Lipinski definition) is 1. The summed E-state index contributed by atoms with van der Waals surface area (Å²) in [6, 6.07) is 3.88. The molecule has 0 saturated heterocycles. The lowest BCUT2D eigenvalue weighted by Gasteiger charge is -2.19. The van der Waals surface area contributed by atoms with E-state index in [-0.39, 0.29) is 5.41 Å². The molecule has 2 rings (SSSR count). The number of aromatic nitrogens is 1. The van der Waals surface area contributed by atoms with E-state index in [1.165, 1.54) is 0 Å². The molecule has 0 radical (unpaired) electrons. The van der Waals surface area contributed by atoms with Crippen LogP contribution in [-0.4, -0.2) is 4.98 Å². The fraction of sp³-hybridized carbons (Fsp3) is 0.533. The molecule has 18 heavy (non-hydrogen) atoms. The summed E-state index contributed by atoms with van der Waals surface area (Å²) in [5.74, 6) is 1.34. The molecule has 1 heterocycles. The van der Waals surface area contributed by atoms with Gasteiger partial charge < -0.3 is 10.2 Å². The van der Waals surface area contributed by atoms with Crippen LogP contribution >= 0.6 is 0 Å². The van der Waals surface area contributed by atoms with Gasteiger partial charge in [0.05, 0.1) is 0 Å². The average molecular weight is 246 g/mol. The molecule has 2 aromatic rings. The van der Waals surface area contributed by atoms with Gasteiger partial charge in [-0.25, -0.2) is 4.98 Å². The molecule has 0 amide bonds. The molecule has 0 aliphatic carbocycles. The van der Waals surface area contributed by atoms with E-state index in [0.29, 0.717) is 5.92 Å². The molecule has 98 valence electrons. The molecule has 0 saturated carbocycles. The molecule has 1 aromatic carbocycles. The van der Waals surface area contributed by atoms with Gasteiger partial charge in [-0.05, 0) is 23.5 Å². The summed E-state index contributed by atoms with van der Waals surface area (Å²) >= 11 is 0. The first-order chi connectivity index (χ1) is 8.27. The zero-order chi connectivity index (χ0) is 13.5. The number of oxazole rings is 1. The highest BCUT2D eigenvalue weighted by atomic mass is 16.3. The third kappa shape index (κ3) is 2.50. The van der Waals surface area contributed by atoms with Gasteiger partial charge >= 0.3 is 0 Å².